The van der Waals surface area contributed by atoms with Crippen LogP contribution in [0.5, 0.6) is 5.75 Å². The highest BCUT2D eigenvalue weighted by Gasteiger charge is 2.18. The molecular formula is C42H82N2O6S. The van der Waals surface area contributed by atoms with Crippen LogP contribution < -0.4 is 14.8 Å². The number of nitrogens with one attached hydrogen (secondary N) is 2. The second-order valence-electron chi connectivity index (χ2n) is 16.2. The Morgan fingerprint density at radius 1 is 0.686 bits per heavy atom. The molecule has 0 aromatic heterocycles. The molecule has 3 rings (SSSR count). The molecular weight excluding hydrogens is 661 g/mol. The molecule has 1 aromatic rings. The molecule has 0 radical (unpaired) electrons. The van der Waals surface area contributed by atoms with Gasteiger partial charge in [0.15, 0.2) is 0 Å². The number of para-hydroxylation sites is 1. The highest BCUT2D eigenvalue weighted by atomic mass is 32.2. The monoisotopic (exact) mass is 743 g/mol. The lowest BCUT2D eigenvalue weighted by Crippen LogP contribution is -2.25. The van der Waals surface area contributed by atoms with Gasteiger partial charge in [-0.05, 0) is 74.3 Å². The minimum absolute atomic E-state index is 0.0544. The van der Waals surface area contributed by atoms with Crippen LogP contribution in [0.4, 0.5) is 0 Å². The fourth-order valence-electron chi connectivity index (χ4n) is 4.67. The molecule has 1 aromatic carbocycles. The summed E-state index contributed by atoms with van der Waals surface area (Å²) in [5, 5.41) is 2.71. The summed E-state index contributed by atoms with van der Waals surface area (Å²) in [6.45, 7) is 28.0. The van der Waals surface area contributed by atoms with Crippen LogP contribution >= 0.6 is 0 Å². The van der Waals surface area contributed by atoms with Crippen LogP contribution in [-0.4, -0.2) is 65.2 Å². The Morgan fingerprint density at radius 3 is 1.51 bits per heavy atom. The number of benzene rings is 1. The highest BCUT2D eigenvalue weighted by Crippen LogP contribution is 2.23. The van der Waals surface area contributed by atoms with Crippen LogP contribution in [0.15, 0.2) is 30.3 Å². The van der Waals surface area contributed by atoms with Crippen molar-refractivity contribution in [1.82, 2.24) is 10.0 Å². The van der Waals surface area contributed by atoms with Gasteiger partial charge in [-0.15, -0.1) is 0 Å². The molecule has 0 spiro atoms. The maximum Gasteiger partial charge on any atom is 0.216 e. The summed E-state index contributed by atoms with van der Waals surface area (Å²) in [4.78, 5) is 10.2. The van der Waals surface area contributed by atoms with E-state index >= 15 is 0 Å². The van der Waals surface area contributed by atoms with E-state index in [1.165, 1.54) is 71.1 Å². The van der Waals surface area contributed by atoms with Crippen molar-refractivity contribution in [2.75, 3.05) is 32.6 Å². The normalized spacial score (nSPS) is 15.8. The lowest BCUT2D eigenvalue weighted by molar-refractivity contribution is -0.119. The maximum atomic E-state index is 10.4. The van der Waals surface area contributed by atoms with E-state index < -0.39 is 10.0 Å². The van der Waals surface area contributed by atoms with Crippen molar-refractivity contribution in [2.45, 2.75) is 166 Å². The van der Waals surface area contributed by atoms with Crippen LogP contribution in [0.3, 0.4) is 0 Å². The number of carbonyl (C=O) groups excluding carboxylic acids is 1. The zero-order valence-corrected chi connectivity index (χ0v) is 36.1. The molecule has 2 fully saturated rings. The van der Waals surface area contributed by atoms with Crippen molar-refractivity contribution in [3.8, 4) is 5.75 Å². The fraction of sp³-hybridized carbons (Fsp3) is 0.833. The van der Waals surface area contributed by atoms with Crippen molar-refractivity contribution in [2.24, 2.45) is 29.6 Å². The lowest BCUT2D eigenvalue weighted by atomic mass is 9.97. The molecule has 0 aliphatic heterocycles. The average Bonchev–Trinajstić information content (AvgIpc) is 3.07. The predicted molar refractivity (Wildman–Crippen MR) is 218 cm³/mol. The SMILES string of the molecule is CC(=O)NCC(C)C.CC(C)C(C)OC1CCCCC1.CC(C)CNS(C)(=O)=O.CC(C)COC1CCCCC1.CC(C)COc1ccccc1. The number of hydrogen-bond acceptors (Lipinski definition) is 6. The third kappa shape index (κ3) is 39.4. The van der Waals surface area contributed by atoms with Crippen molar-refractivity contribution in [3.63, 3.8) is 0 Å². The van der Waals surface area contributed by atoms with Gasteiger partial charge in [0.2, 0.25) is 15.9 Å². The number of rotatable bonds is 14. The van der Waals surface area contributed by atoms with Gasteiger partial charge in [0.25, 0.3) is 0 Å². The molecule has 9 heteroatoms. The quantitative estimate of drug-likeness (QED) is 0.197. The number of sulfonamides is 1. The predicted octanol–water partition coefficient (Wildman–Crippen LogP) is 10.1. The summed E-state index contributed by atoms with van der Waals surface area (Å²) in [6, 6.07) is 9.90. The van der Waals surface area contributed by atoms with Gasteiger partial charge in [-0.2, -0.15) is 0 Å². The number of hydrogen-bond donors (Lipinski definition) is 2. The largest absolute Gasteiger partial charge is 0.493 e. The Kier molecular flexibility index (Phi) is 32.1. The highest BCUT2D eigenvalue weighted by molar-refractivity contribution is 7.88. The minimum Gasteiger partial charge on any atom is -0.493 e. The fourth-order valence-corrected chi connectivity index (χ4v) is 5.30. The molecule has 8 nitrogen and oxygen atoms in total. The van der Waals surface area contributed by atoms with Gasteiger partial charge >= 0.3 is 0 Å². The van der Waals surface area contributed by atoms with E-state index in [2.05, 4.69) is 72.4 Å². The van der Waals surface area contributed by atoms with Crippen LogP contribution in [-0.2, 0) is 24.3 Å². The zero-order valence-electron chi connectivity index (χ0n) is 35.3. The van der Waals surface area contributed by atoms with Crippen molar-refractivity contribution in [1.29, 1.82) is 0 Å². The topological polar surface area (TPSA) is 103 Å². The third-order valence-electron chi connectivity index (χ3n) is 7.96. The second-order valence-corrected chi connectivity index (χ2v) is 18.0. The molecule has 1 atom stereocenters. The standard InChI is InChI=1S/C11H22O.C10H20O.C10H14O.C6H13NO.C5H13NO2S/c1-9(2)10(3)12-11-7-5-4-6-8-11;2*1-9(2)8-11-10-6-4-3-5-7-10;1-5(2)4-7-6(3)8;1-5(2)4-6-9(3,7)8/h9-11H,4-8H2,1-3H3;9-10H,3-8H2,1-2H3;3-7,9H,8H2,1-2H3;5H,4H2,1-3H3,(H,7,8);5-6H,4H2,1-3H3. The number of ether oxygens (including phenoxy) is 3. The smallest absolute Gasteiger partial charge is 0.216 e. The molecule has 0 saturated heterocycles. The van der Waals surface area contributed by atoms with Crippen LogP contribution in [0, 0.1) is 29.6 Å². The number of carbonyl (C=O) groups is 1. The lowest BCUT2D eigenvalue weighted by Gasteiger charge is -2.27. The third-order valence-corrected chi connectivity index (χ3v) is 8.65. The van der Waals surface area contributed by atoms with Crippen molar-refractivity contribution >= 4 is 15.9 Å². The first-order chi connectivity index (χ1) is 23.8. The van der Waals surface area contributed by atoms with Gasteiger partial charge in [0, 0.05) is 26.6 Å². The summed E-state index contributed by atoms with van der Waals surface area (Å²) < 4.78 is 40.4. The Bertz CT molecular complexity index is 1020. The van der Waals surface area contributed by atoms with Gasteiger partial charge in [0.05, 0.1) is 31.2 Å². The summed E-state index contributed by atoms with van der Waals surface area (Å²) in [7, 11) is -2.97. The average molecular weight is 743 g/mol. The molecule has 0 bridgehead atoms. The molecule has 2 aliphatic rings. The Labute approximate surface area is 316 Å². The first kappa shape index (κ1) is 51.4. The van der Waals surface area contributed by atoms with E-state index in [1.807, 2.05) is 44.2 Å². The summed E-state index contributed by atoms with van der Waals surface area (Å²) >= 11 is 0. The van der Waals surface area contributed by atoms with Crippen LogP contribution in [0.1, 0.15) is 147 Å². The minimum atomic E-state index is -2.97. The molecule has 51 heavy (non-hydrogen) atoms. The van der Waals surface area contributed by atoms with E-state index in [9.17, 15) is 13.2 Å². The van der Waals surface area contributed by atoms with E-state index in [0.717, 1.165) is 31.8 Å². The Morgan fingerprint density at radius 2 is 1.16 bits per heavy atom. The summed E-state index contributed by atoms with van der Waals surface area (Å²) in [5.41, 5.74) is 0. The van der Waals surface area contributed by atoms with Crippen molar-refractivity contribution < 1.29 is 27.4 Å². The molecule has 1 amide bonds. The molecule has 2 N–H and O–H groups in total. The van der Waals surface area contributed by atoms with Gasteiger partial charge in [0.1, 0.15) is 5.75 Å². The Hall–Kier alpha value is -1.68. The van der Waals surface area contributed by atoms with Gasteiger partial charge in [-0.1, -0.05) is 126 Å². The number of amides is 1. The van der Waals surface area contributed by atoms with E-state index in [1.54, 1.807) is 0 Å². The second kappa shape index (κ2) is 31.8. The van der Waals surface area contributed by atoms with Gasteiger partial charge in [-0.25, -0.2) is 13.1 Å². The first-order valence-electron chi connectivity index (χ1n) is 20.0. The zero-order chi connectivity index (χ0) is 39.2. The molecule has 1 unspecified atom stereocenters. The first-order valence-corrected chi connectivity index (χ1v) is 21.8. The van der Waals surface area contributed by atoms with Crippen LogP contribution in [0.25, 0.3) is 0 Å². The molecule has 0 heterocycles. The molecule has 2 aliphatic carbocycles. The van der Waals surface area contributed by atoms with Gasteiger partial charge < -0.3 is 19.5 Å². The van der Waals surface area contributed by atoms with Crippen LogP contribution in [0.2, 0.25) is 0 Å². The van der Waals surface area contributed by atoms with Gasteiger partial charge in [-0.3, -0.25) is 4.79 Å². The molecule has 302 valence electrons. The van der Waals surface area contributed by atoms with E-state index in [0.29, 0.717) is 54.4 Å². The maximum absolute atomic E-state index is 10.4. The summed E-state index contributed by atoms with van der Waals surface area (Å²) in [5.74, 6) is 3.89. The van der Waals surface area contributed by atoms with E-state index in [-0.39, 0.29) is 5.91 Å². The summed E-state index contributed by atoms with van der Waals surface area (Å²) in [6.07, 6.45) is 16.3. The molecule has 2 saturated carbocycles. The van der Waals surface area contributed by atoms with E-state index in [4.69, 9.17) is 14.2 Å². The van der Waals surface area contributed by atoms with Crippen molar-refractivity contribution in [3.05, 3.63) is 30.3 Å². The Balaban J connectivity index is 0.